The van der Waals surface area contributed by atoms with Crippen LogP contribution in [0.25, 0.3) is 11.0 Å². The van der Waals surface area contributed by atoms with Crippen molar-refractivity contribution in [2.75, 3.05) is 17.3 Å². The zero-order chi connectivity index (χ0) is 20.6. The van der Waals surface area contributed by atoms with Gasteiger partial charge in [-0.15, -0.1) is 0 Å². The molecule has 0 aliphatic carbocycles. The first-order chi connectivity index (χ1) is 13.1. The highest BCUT2D eigenvalue weighted by molar-refractivity contribution is 9.10. The minimum Gasteiger partial charge on any atom is -0.478 e. The Morgan fingerprint density at radius 2 is 2.11 bits per heavy atom. The maximum absolute atomic E-state index is 15.1. The molecule has 0 spiro atoms. The number of carbonyl (C=O) groups is 1. The predicted octanol–water partition coefficient (Wildman–Crippen LogP) is 4.08. The molecular formula is C17H14BrClFN3O4S. The average Bonchev–Trinajstić information content (AvgIpc) is 2.99. The van der Waals surface area contributed by atoms with Crippen LogP contribution in [0.15, 0.2) is 35.1 Å². The number of fused-ring (bicyclic) bond motifs is 1. The van der Waals surface area contributed by atoms with Gasteiger partial charge in [0, 0.05) is 17.3 Å². The maximum atomic E-state index is 15.1. The fraction of sp³-hybridized carbons (Fsp3) is 0.176. The van der Waals surface area contributed by atoms with Gasteiger partial charge in [-0.25, -0.2) is 22.6 Å². The lowest BCUT2D eigenvalue weighted by Crippen LogP contribution is -2.11. The molecule has 0 atom stereocenters. The van der Waals surface area contributed by atoms with Gasteiger partial charge in [0.25, 0.3) is 0 Å². The van der Waals surface area contributed by atoms with Crippen LogP contribution in [-0.4, -0.2) is 41.1 Å². The summed E-state index contributed by atoms with van der Waals surface area (Å²) < 4.78 is 40.0. The molecule has 0 aliphatic rings. The number of hydrogen-bond acceptors (Lipinski definition) is 5. The van der Waals surface area contributed by atoms with Gasteiger partial charge in [0.15, 0.2) is 5.82 Å². The van der Waals surface area contributed by atoms with E-state index in [0.717, 1.165) is 6.26 Å². The van der Waals surface area contributed by atoms with Gasteiger partial charge in [-0.05, 0) is 24.3 Å². The molecule has 148 valence electrons. The summed E-state index contributed by atoms with van der Waals surface area (Å²) in [5.74, 6) is -2.41. The number of nitrogens with zero attached hydrogens (tertiary/aromatic N) is 2. The maximum Gasteiger partial charge on any atom is 0.338 e. The van der Waals surface area contributed by atoms with E-state index < -0.39 is 21.6 Å². The highest BCUT2D eigenvalue weighted by atomic mass is 79.9. The van der Waals surface area contributed by atoms with Gasteiger partial charge in [0.2, 0.25) is 0 Å². The Bertz CT molecular complexity index is 1200. The summed E-state index contributed by atoms with van der Waals surface area (Å²) in [7, 11) is -3.25. The second-order valence-electron chi connectivity index (χ2n) is 6.10. The smallest absolute Gasteiger partial charge is 0.338 e. The van der Waals surface area contributed by atoms with Crippen LogP contribution in [0.4, 0.5) is 15.8 Å². The molecule has 0 bridgehead atoms. The van der Waals surface area contributed by atoms with E-state index in [1.165, 1.54) is 17.0 Å². The third kappa shape index (κ3) is 4.29. The number of aromatic nitrogens is 2. The summed E-state index contributed by atoms with van der Waals surface area (Å²) in [6.45, 7) is 0.0269. The summed E-state index contributed by atoms with van der Waals surface area (Å²) in [4.78, 5) is 15.7. The van der Waals surface area contributed by atoms with E-state index in [4.69, 9.17) is 11.6 Å². The second-order valence-corrected chi connectivity index (χ2v) is 9.69. The van der Waals surface area contributed by atoms with Gasteiger partial charge < -0.3 is 15.0 Å². The summed E-state index contributed by atoms with van der Waals surface area (Å²) >= 11 is 9.39. The molecule has 0 fully saturated rings. The van der Waals surface area contributed by atoms with Crippen molar-refractivity contribution in [1.82, 2.24) is 9.55 Å². The Kier molecular flexibility index (Phi) is 5.64. The minimum atomic E-state index is -3.25. The number of halogens is 3. The van der Waals surface area contributed by atoms with Crippen LogP contribution >= 0.6 is 27.5 Å². The third-order valence-electron chi connectivity index (χ3n) is 3.98. The van der Waals surface area contributed by atoms with Crippen LogP contribution in [0.1, 0.15) is 10.4 Å². The first-order valence-corrected chi connectivity index (χ1v) is 11.1. The van der Waals surface area contributed by atoms with Crippen molar-refractivity contribution >= 4 is 65.7 Å². The molecule has 0 radical (unpaired) electrons. The van der Waals surface area contributed by atoms with Gasteiger partial charge in [-0.2, -0.15) is 0 Å². The Hall–Kier alpha value is -2.17. The number of benzene rings is 2. The molecular weight excluding hydrogens is 477 g/mol. The SMILES string of the molecule is CS(=O)(=O)CCn1cnc2c(F)c(Nc3ccc(Br)cc3Cl)c(C(=O)O)cc21. The van der Waals surface area contributed by atoms with Crippen LogP contribution in [-0.2, 0) is 16.4 Å². The van der Waals surface area contributed by atoms with Crippen molar-refractivity contribution in [3.63, 3.8) is 0 Å². The van der Waals surface area contributed by atoms with Crippen LogP contribution in [0, 0.1) is 5.82 Å². The Morgan fingerprint density at radius 3 is 2.71 bits per heavy atom. The molecule has 3 rings (SSSR count). The molecule has 2 N–H and O–H groups in total. The molecule has 0 saturated heterocycles. The quantitative estimate of drug-likeness (QED) is 0.540. The molecule has 7 nitrogen and oxygen atoms in total. The highest BCUT2D eigenvalue weighted by Gasteiger charge is 2.22. The second kappa shape index (κ2) is 7.69. The summed E-state index contributed by atoms with van der Waals surface area (Å²) in [5, 5.41) is 12.5. The van der Waals surface area contributed by atoms with Gasteiger partial charge in [0.1, 0.15) is 15.4 Å². The lowest BCUT2D eigenvalue weighted by atomic mass is 10.1. The molecule has 3 aromatic rings. The number of nitrogens with one attached hydrogen (secondary N) is 1. The largest absolute Gasteiger partial charge is 0.478 e. The molecule has 2 aromatic carbocycles. The lowest BCUT2D eigenvalue weighted by molar-refractivity contribution is 0.0697. The third-order valence-corrected chi connectivity index (χ3v) is 5.71. The standard InChI is InChI=1S/C17H14BrClFN3O4S/c1-28(26,27)5-4-23-8-21-16-13(23)7-10(17(24)25)15(14(16)20)22-12-3-2-9(18)6-11(12)19/h2-3,6-8,22H,4-5H2,1H3,(H,24,25). The number of carboxylic acid groups (broad SMARTS) is 1. The van der Waals surface area contributed by atoms with E-state index in [1.54, 1.807) is 18.2 Å². The molecule has 0 aliphatic heterocycles. The van der Waals surface area contributed by atoms with E-state index in [0.29, 0.717) is 10.2 Å². The lowest BCUT2D eigenvalue weighted by Gasteiger charge is -2.13. The fourth-order valence-corrected chi connectivity index (χ4v) is 3.87. The van der Waals surface area contributed by atoms with Crippen molar-refractivity contribution < 1.29 is 22.7 Å². The number of aryl methyl sites for hydroxylation is 1. The van der Waals surface area contributed by atoms with Crippen LogP contribution in [0.5, 0.6) is 0 Å². The Balaban J connectivity index is 2.11. The van der Waals surface area contributed by atoms with Crippen LogP contribution < -0.4 is 5.32 Å². The van der Waals surface area contributed by atoms with E-state index in [-0.39, 0.29) is 39.6 Å². The van der Waals surface area contributed by atoms with Gasteiger partial charge in [0.05, 0.1) is 39.6 Å². The molecule has 1 heterocycles. The van der Waals surface area contributed by atoms with Gasteiger partial charge >= 0.3 is 5.97 Å². The van der Waals surface area contributed by atoms with Crippen molar-refractivity contribution in [2.24, 2.45) is 0 Å². The van der Waals surface area contributed by atoms with E-state index in [1.807, 2.05) is 0 Å². The summed E-state index contributed by atoms with van der Waals surface area (Å²) in [5.41, 5.74) is -0.176. The Labute approximate surface area is 173 Å². The van der Waals surface area contributed by atoms with Crippen LogP contribution in [0.3, 0.4) is 0 Å². The van der Waals surface area contributed by atoms with Crippen LogP contribution in [0.2, 0.25) is 5.02 Å². The first-order valence-electron chi connectivity index (χ1n) is 7.87. The molecule has 28 heavy (non-hydrogen) atoms. The van der Waals surface area contributed by atoms with Crippen molar-refractivity contribution in [3.8, 4) is 0 Å². The molecule has 0 saturated carbocycles. The van der Waals surface area contributed by atoms with E-state index in [9.17, 15) is 18.3 Å². The Morgan fingerprint density at radius 1 is 1.39 bits per heavy atom. The first kappa shape index (κ1) is 20.6. The summed E-state index contributed by atoms with van der Waals surface area (Å²) in [6.07, 6.45) is 2.36. The van der Waals surface area contributed by atoms with Crippen molar-refractivity contribution in [3.05, 3.63) is 51.5 Å². The van der Waals surface area contributed by atoms with Gasteiger partial charge in [-0.3, -0.25) is 0 Å². The number of aromatic carboxylic acids is 1. The monoisotopic (exact) mass is 489 g/mol. The predicted molar refractivity (Wildman–Crippen MR) is 109 cm³/mol. The fourth-order valence-electron chi connectivity index (χ4n) is 2.62. The van der Waals surface area contributed by atoms with Crippen molar-refractivity contribution in [1.29, 1.82) is 0 Å². The van der Waals surface area contributed by atoms with Crippen molar-refractivity contribution in [2.45, 2.75) is 6.54 Å². The molecule has 0 amide bonds. The zero-order valence-corrected chi connectivity index (χ0v) is 17.6. The number of imidazole rings is 1. The number of hydrogen-bond donors (Lipinski definition) is 2. The number of rotatable bonds is 6. The minimum absolute atomic E-state index is 0.0269. The normalized spacial score (nSPS) is 11.7. The number of sulfone groups is 1. The highest BCUT2D eigenvalue weighted by Crippen LogP contribution is 2.34. The van der Waals surface area contributed by atoms with E-state index in [2.05, 4.69) is 26.2 Å². The molecule has 1 aromatic heterocycles. The van der Waals surface area contributed by atoms with Gasteiger partial charge in [-0.1, -0.05) is 27.5 Å². The van der Waals surface area contributed by atoms with E-state index >= 15 is 4.39 Å². The number of carboxylic acids is 1. The molecule has 11 heteroatoms. The average molecular weight is 491 g/mol. The topological polar surface area (TPSA) is 101 Å². The zero-order valence-electron chi connectivity index (χ0n) is 14.4. The molecule has 0 unspecified atom stereocenters. The number of anilines is 2. The summed E-state index contributed by atoms with van der Waals surface area (Å²) in [6, 6.07) is 6.09.